The SMILES string of the molecule is O=C(NCc1cccc(CN2CCCC2)c1)C1CCCN(Cc2nc(-c3ccc(Br)cc3)no2)C1. The van der Waals surface area contributed by atoms with E-state index in [0.717, 1.165) is 41.5 Å². The number of carbonyl (C=O) groups is 1. The molecule has 35 heavy (non-hydrogen) atoms. The van der Waals surface area contributed by atoms with Crippen molar-refractivity contribution < 1.29 is 9.32 Å². The minimum atomic E-state index is -0.0228. The van der Waals surface area contributed by atoms with Gasteiger partial charge in [0.2, 0.25) is 17.6 Å². The second kappa shape index (κ2) is 11.5. The lowest BCUT2D eigenvalue weighted by Crippen LogP contribution is -2.42. The Morgan fingerprint density at radius 2 is 1.77 bits per heavy atom. The van der Waals surface area contributed by atoms with Gasteiger partial charge >= 0.3 is 0 Å². The predicted octanol–water partition coefficient (Wildman–Crippen LogP) is 4.62. The summed E-state index contributed by atoms with van der Waals surface area (Å²) in [5.74, 6) is 1.27. The van der Waals surface area contributed by atoms with Crippen LogP contribution in [0.5, 0.6) is 0 Å². The van der Waals surface area contributed by atoms with E-state index in [-0.39, 0.29) is 11.8 Å². The van der Waals surface area contributed by atoms with Crippen molar-refractivity contribution in [3.8, 4) is 11.4 Å². The van der Waals surface area contributed by atoms with E-state index in [1.54, 1.807) is 0 Å². The quantitative estimate of drug-likeness (QED) is 0.451. The van der Waals surface area contributed by atoms with Crippen LogP contribution >= 0.6 is 15.9 Å². The molecule has 1 N–H and O–H groups in total. The Hall–Kier alpha value is -2.55. The van der Waals surface area contributed by atoms with Gasteiger partial charge in [-0.25, -0.2) is 0 Å². The first-order chi connectivity index (χ1) is 17.1. The lowest BCUT2D eigenvalue weighted by molar-refractivity contribution is -0.127. The van der Waals surface area contributed by atoms with Crippen LogP contribution in [0.15, 0.2) is 57.5 Å². The smallest absolute Gasteiger partial charge is 0.241 e. The molecule has 1 atom stereocenters. The van der Waals surface area contributed by atoms with Gasteiger partial charge in [-0.15, -0.1) is 0 Å². The third-order valence-corrected chi connectivity index (χ3v) is 7.40. The van der Waals surface area contributed by atoms with E-state index in [9.17, 15) is 4.79 Å². The molecule has 7 nitrogen and oxygen atoms in total. The average molecular weight is 538 g/mol. The van der Waals surface area contributed by atoms with Crippen LogP contribution in [0.4, 0.5) is 0 Å². The zero-order valence-electron chi connectivity index (χ0n) is 20.0. The number of rotatable bonds is 8. The molecular formula is C27H32BrN5O2. The highest BCUT2D eigenvalue weighted by Gasteiger charge is 2.27. The highest BCUT2D eigenvalue weighted by Crippen LogP contribution is 2.22. The first-order valence-electron chi connectivity index (χ1n) is 12.5. The van der Waals surface area contributed by atoms with Crippen molar-refractivity contribution in [2.24, 2.45) is 5.92 Å². The number of hydrogen-bond acceptors (Lipinski definition) is 6. The van der Waals surface area contributed by atoms with Crippen LogP contribution in [0.1, 0.15) is 42.7 Å². The van der Waals surface area contributed by atoms with Gasteiger partial charge in [-0.1, -0.05) is 45.4 Å². The van der Waals surface area contributed by atoms with Crippen LogP contribution in [-0.4, -0.2) is 52.0 Å². The highest BCUT2D eigenvalue weighted by atomic mass is 79.9. The summed E-state index contributed by atoms with van der Waals surface area (Å²) < 4.78 is 6.50. The van der Waals surface area contributed by atoms with E-state index in [4.69, 9.17) is 4.52 Å². The second-order valence-electron chi connectivity index (χ2n) is 9.61. The number of benzene rings is 2. The number of carbonyl (C=O) groups excluding carboxylic acids is 1. The van der Waals surface area contributed by atoms with Crippen LogP contribution < -0.4 is 5.32 Å². The summed E-state index contributed by atoms with van der Waals surface area (Å²) in [4.78, 5) is 22.2. The zero-order valence-corrected chi connectivity index (χ0v) is 21.5. The maximum atomic E-state index is 12.9. The number of amides is 1. The van der Waals surface area contributed by atoms with E-state index in [2.05, 4.69) is 65.5 Å². The fourth-order valence-corrected chi connectivity index (χ4v) is 5.27. The van der Waals surface area contributed by atoms with Crippen molar-refractivity contribution in [1.82, 2.24) is 25.3 Å². The summed E-state index contributed by atoms with van der Waals surface area (Å²) in [5, 5.41) is 7.30. The van der Waals surface area contributed by atoms with E-state index >= 15 is 0 Å². The molecule has 0 bridgehead atoms. The topological polar surface area (TPSA) is 74.5 Å². The van der Waals surface area contributed by atoms with Gasteiger partial charge in [0.25, 0.3) is 0 Å². The van der Waals surface area contributed by atoms with Gasteiger partial charge in [-0.05, 0) is 80.7 Å². The number of hydrogen-bond donors (Lipinski definition) is 1. The number of nitrogens with one attached hydrogen (secondary N) is 1. The number of halogens is 1. The van der Waals surface area contributed by atoms with Crippen molar-refractivity contribution in [2.75, 3.05) is 26.2 Å². The highest BCUT2D eigenvalue weighted by molar-refractivity contribution is 9.10. The van der Waals surface area contributed by atoms with Gasteiger partial charge in [0, 0.05) is 29.7 Å². The van der Waals surface area contributed by atoms with Crippen LogP contribution in [0.25, 0.3) is 11.4 Å². The Balaban J connectivity index is 1.12. The maximum absolute atomic E-state index is 12.9. The third kappa shape index (κ3) is 6.57. The summed E-state index contributed by atoms with van der Waals surface area (Å²) >= 11 is 3.44. The van der Waals surface area contributed by atoms with Crippen molar-refractivity contribution in [3.63, 3.8) is 0 Å². The molecule has 2 aromatic carbocycles. The molecule has 0 aliphatic carbocycles. The lowest BCUT2D eigenvalue weighted by Gasteiger charge is -2.30. The molecule has 1 amide bonds. The van der Waals surface area contributed by atoms with Crippen LogP contribution in [0.2, 0.25) is 0 Å². The van der Waals surface area contributed by atoms with Gasteiger partial charge in [-0.3, -0.25) is 14.6 Å². The molecule has 2 aliphatic rings. The summed E-state index contributed by atoms with van der Waals surface area (Å²) in [6.07, 6.45) is 4.49. The molecule has 8 heteroatoms. The fourth-order valence-electron chi connectivity index (χ4n) is 5.01. The Morgan fingerprint density at radius 1 is 1.00 bits per heavy atom. The minimum Gasteiger partial charge on any atom is -0.352 e. The molecule has 1 unspecified atom stereocenters. The normalized spacial score (nSPS) is 19.2. The first kappa shape index (κ1) is 24.2. The molecule has 1 aromatic heterocycles. The van der Waals surface area contributed by atoms with E-state index in [1.807, 2.05) is 24.3 Å². The van der Waals surface area contributed by atoms with Crippen molar-refractivity contribution in [1.29, 1.82) is 0 Å². The van der Waals surface area contributed by atoms with Crippen molar-refractivity contribution in [3.05, 3.63) is 70.0 Å². The maximum Gasteiger partial charge on any atom is 0.241 e. The molecule has 184 valence electrons. The van der Waals surface area contributed by atoms with E-state index in [1.165, 1.54) is 31.5 Å². The molecule has 3 heterocycles. The third-order valence-electron chi connectivity index (χ3n) is 6.87. The van der Waals surface area contributed by atoms with E-state index < -0.39 is 0 Å². The molecule has 0 saturated carbocycles. The molecule has 2 saturated heterocycles. The van der Waals surface area contributed by atoms with E-state index in [0.29, 0.717) is 31.3 Å². The average Bonchev–Trinajstić information content (AvgIpc) is 3.56. The largest absolute Gasteiger partial charge is 0.352 e. The molecule has 5 rings (SSSR count). The summed E-state index contributed by atoms with van der Waals surface area (Å²) in [6.45, 7) is 6.14. The summed E-state index contributed by atoms with van der Waals surface area (Å²) in [6, 6.07) is 16.4. The molecular weight excluding hydrogens is 506 g/mol. The summed E-state index contributed by atoms with van der Waals surface area (Å²) in [7, 11) is 0. The molecule has 0 radical (unpaired) electrons. The van der Waals surface area contributed by atoms with Gasteiger partial charge < -0.3 is 9.84 Å². The molecule has 2 aliphatic heterocycles. The van der Waals surface area contributed by atoms with Crippen LogP contribution in [0, 0.1) is 5.92 Å². The monoisotopic (exact) mass is 537 g/mol. The lowest BCUT2D eigenvalue weighted by atomic mass is 9.97. The second-order valence-corrected chi connectivity index (χ2v) is 10.5. The number of likely N-dealkylation sites (tertiary alicyclic amines) is 2. The zero-order chi connectivity index (χ0) is 24.0. The molecule has 0 spiro atoms. The Morgan fingerprint density at radius 3 is 2.60 bits per heavy atom. The Labute approximate surface area is 215 Å². The van der Waals surface area contributed by atoms with Crippen molar-refractivity contribution >= 4 is 21.8 Å². The number of aromatic nitrogens is 2. The fraction of sp³-hybridized carbons (Fsp3) is 0.444. The minimum absolute atomic E-state index is 0.0228. The van der Waals surface area contributed by atoms with Gasteiger partial charge in [0.15, 0.2) is 0 Å². The number of nitrogens with zero attached hydrogens (tertiary/aromatic N) is 4. The Bertz CT molecular complexity index is 1130. The van der Waals surface area contributed by atoms with Gasteiger partial charge in [-0.2, -0.15) is 4.98 Å². The Kier molecular flexibility index (Phi) is 7.91. The standard InChI is InChI=1S/C27H32BrN5O2/c28-24-10-8-22(9-11-24)26-30-25(35-31-26)19-33-14-4-7-23(18-33)27(34)29-16-20-5-3-6-21(15-20)17-32-12-1-2-13-32/h3,5-6,8-11,15,23H,1-2,4,7,12-14,16-19H2,(H,29,34). The predicted molar refractivity (Wildman–Crippen MR) is 138 cm³/mol. The van der Waals surface area contributed by atoms with Crippen molar-refractivity contribution in [2.45, 2.75) is 45.3 Å². The number of piperidine rings is 1. The van der Waals surface area contributed by atoms with Gasteiger partial charge in [0.05, 0.1) is 12.5 Å². The van der Waals surface area contributed by atoms with Gasteiger partial charge in [0.1, 0.15) is 0 Å². The first-order valence-corrected chi connectivity index (χ1v) is 13.3. The van der Waals surface area contributed by atoms with Crippen LogP contribution in [-0.2, 0) is 24.4 Å². The molecule has 3 aromatic rings. The summed E-state index contributed by atoms with van der Waals surface area (Å²) in [5.41, 5.74) is 3.40. The molecule has 2 fully saturated rings. The van der Waals surface area contributed by atoms with Crippen LogP contribution in [0.3, 0.4) is 0 Å².